The zero-order chi connectivity index (χ0) is 19.7. The molecule has 1 aromatic rings. The lowest BCUT2D eigenvalue weighted by Crippen LogP contribution is -2.57. The highest BCUT2D eigenvalue weighted by Crippen LogP contribution is 2.39. The Bertz CT molecular complexity index is 717. The van der Waals surface area contributed by atoms with Crippen LogP contribution in [0.15, 0.2) is 37.1 Å². The van der Waals surface area contributed by atoms with Crippen LogP contribution in [-0.2, 0) is 4.74 Å². The van der Waals surface area contributed by atoms with Gasteiger partial charge in [-0.2, -0.15) is 0 Å². The van der Waals surface area contributed by atoms with E-state index in [9.17, 15) is 0 Å². The van der Waals surface area contributed by atoms with E-state index in [1.807, 2.05) is 0 Å². The van der Waals surface area contributed by atoms with Crippen LogP contribution >= 0.6 is 0 Å². The highest BCUT2D eigenvalue weighted by atomic mass is 16.5. The number of benzene rings is 1. The lowest BCUT2D eigenvalue weighted by atomic mass is 9.96. The minimum atomic E-state index is 0.389. The van der Waals surface area contributed by atoms with Crippen LogP contribution in [0, 0.1) is 5.92 Å². The summed E-state index contributed by atoms with van der Waals surface area (Å²) < 4.78 is 5.88. The first kappa shape index (κ1) is 19.4. The van der Waals surface area contributed by atoms with E-state index in [0.29, 0.717) is 18.1 Å². The topological polar surface area (TPSA) is 27.7 Å². The SMILES string of the molecule is C=C(Nc1ccc(C(=C)N(CCC)CCC)c(N2CC3CC(C2)O3)c1)C1CC1. The third-order valence-electron chi connectivity index (χ3n) is 6.15. The molecule has 0 radical (unpaired) electrons. The third-order valence-corrected chi connectivity index (χ3v) is 6.15. The number of allylic oxidation sites excluding steroid dienone is 1. The number of nitrogens with one attached hydrogen (secondary N) is 1. The summed E-state index contributed by atoms with van der Waals surface area (Å²) in [4.78, 5) is 4.94. The molecule has 4 fully saturated rings. The van der Waals surface area contributed by atoms with Crippen molar-refractivity contribution in [2.24, 2.45) is 5.92 Å². The van der Waals surface area contributed by atoms with Crippen molar-refractivity contribution in [3.8, 4) is 0 Å². The van der Waals surface area contributed by atoms with Gasteiger partial charge in [0.05, 0.1) is 12.2 Å². The molecule has 0 amide bonds. The number of morpholine rings is 1. The first-order valence-electron chi connectivity index (χ1n) is 11.0. The van der Waals surface area contributed by atoms with Crippen LogP contribution in [0.1, 0.15) is 51.5 Å². The van der Waals surface area contributed by atoms with E-state index in [4.69, 9.17) is 4.74 Å². The third kappa shape index (κ3) is 4.07. The average Bonchev–Trinajstić information content (AvgIpc) is 3.52. The number of nitrogens with zero attached hydrogens (tertiary/aromatic N) is 2. The van der Waals surface area contributed by atoms with E-state index in [1.54, 1.807) is 0 Å². The summed E-state index contributed by atoms with van der Waals surface area (Å²) in [5.74, 6) is 0.652. The van der Waals surface area contributed by atoms with Gasteiger partial charge in [0.15, 0.2) is 0 Å². The highest BCUT2D eigenvalue weighted by Gasteiger charge is 2.39. The molecule has 2 bridgehead atoms. The monoisotopic (exact) mass is 381 g/mol. The molecule has 1 saturated carbocycles. The molecule has 4 heteroatoms. The fourth-order valence-corrected chi connectivity index (χ4v) is 4.48. The van der Waals surface area contributed by atoms with Crippen LogP contribution in [0.25, 0.3) is 5.70 Å². The van der Waals surface area contributed by atoms with Gasteiger partial charge in [0.2, 0.25) is 0 Å². The lowest BCUT2D eigenvalue weighted by molar-refractivity contribution is -0.133. The van der Waals surface area contributed by atoms with Crippen LogP contribution in [0.5, 0.6) is 0 Å². The molecule has 28 heavy (non-hydrogen) atoms. The lowest BCUT2D eigenvalue weighted by Gasteiger charge is -2.48. The standard InChI is InChI=1S/C24H35N3O/c1-5-11-26(12-6-2)18(4)23-10-9-20(25-17(3)19-7-8-19)13-24(23)27-15-21-14-22(16-27)28-21/h9-10,13,19,21-22,25H,3-8,11-12,14-16H2,1-2H3. The second kappa shape index (κ2) is 8.20. The van der Waals surface area contributed by atoms with Crippen molar-refractivity contribution in [1.29, 1.82) is 0 Å². The van der Waals surface area contributed by atoms with Gasteiger partial charge in [0.1, 0.15) is 0 Å². The molecule has 1 N–H and O–H groups in total. The van der Waals surface area contributed by atoms with Gasteiger partial charge in [0.25, 0.3) is 0 Å². The summed E-state index contributed by atoms with van der Waals surface area (Å²) in [6.45, 7) is 17.3. The van der Waals surface area contributed by atoms with E-state index >= 15 is 0 Å². The molecule has 4 nitrogen and oxygen atoms in total. The molecule has 0 spiro atoms. The fraction of sp³-hybridized carbons (Fsp3) is 0.583. The summed E-state index contributed by atoms with van der Waals surface area (Å²) in [5, 5.41) is 3.56. The molecule has 1 aliphatic carbocycles. The number of anilines is 2. The maximum absolute atomic E-state index is 5.88. The maximum Gasteiger partial charge on any atom is 0.0780 e. The minimum absolute atomic E-state index is 0.389. The molecular formula is C24H35N3O. The molecule has 5 rings (SSSR count). The number of hydrogen-bond donors (Lipinski definition) is 1. The van der Waals surface area contributed by atoms with Gasteiger partial charge in [0, 0.05) is 60.9 Å². The molecule has 4 aliphatic rings. The van der Waals surface area contributed by atoms with Crippen molar-refractivity contribution in [2.45, 2.75) is 58.2 Å². The van der Waals surface area contributed by atoms with Gasteiger partial charge in [-0.3, -0.25) is 0 Å². The van der Waals surface area contributed by atoms with E-state index < -0.39 is 0 Å². The predicted octanol–water partition coefficient (Wildman–Crippen LogP) is 5.09. The Morgan fingerprint density at radius 1 is 1.14 bits per heavy atom. The predicted molar refractivity (Wildman–Crippen MR) is 119 cm³/mol. The Morgan fingerprint density at radius 3 is 2.36 bits per heavy atom. The number of ether oxygens (including phenoxy) is 1. The minimum Gasteiger partial charge on any atom is -0.371 e. The summed E-state index contributed by atoms with van der Waals surface area (Å²) in [7, 11) is 0. The molecule has 1 aromatic carbocycles. The molecule has 3 aliphatic heterocycles. The van der Waals surface area contributed by atoms with Crippen molar-refractivity contribution in [3.05, 3.63) is 42.6 Å². The zero-order valence-electron chi connectivity index (χ0n) is 17.5. The van der Waals surface area contributed by atoms with E-state index in [1.165, 1.54) is 30.5 Å². The van der Waals surface area contributed by atoms with Gasteiger partial charge in [-0.05, 0) is 49.8 Å². The van der Waals surface area contributed by atoms with Crippen LogP contribution in [-0.4, -0.2) is 43.3 Å². The normalized spacial score (nSPS) is 23.1. The second-order valence-electron chi connectivity index (χ2n) is 8.61. The molecule has 0 aromatic heterocycles. The zero-order valence-corrected chi connectivity index (χ0v) is 17.5. The Labute approximate surface area is 170 Å². The van der Waals surface area contributed by atoms with E-state index in [0.717, 1.165) is 56.1 Å². The van der Waals surface area contributed by atoms with Gasteiger partial charge >= 0.3 is 0 Å². The van der Waals surface area contributed by atoms with Gasteiger partial charge in [-0.15, -0.1) is 0 Å². The van der Waals surface area contributed by atoms with Gasteiger partial charge in [-0.1, -0.05) is 27.0 Å². The van der Waals surface area contributed by atoms with Crippen LogP contribution < -0.4 is 10.2 Å². The maximum atomic E-state index is 5.88. The van der Waals surface area contributed by atoms with Crippen molar-refractivity contribution in [2.75, 3.05) is 36.4 Å². The molecular weight excluding hydrogens is 346 g/mol. The Kier molecular flexibility index (Phi) is 5.68. The van der Waals surface area contributed by atoms with E-state index in [-0.39, 0.29) is 0 Å². The smallest absolute Gasteiger partial charge is 0.0780 e. The number of rotatable bonds is 10. The second-order valence-corrected chi connectivity index (χ2v) is 8.61. The number of hydrogen-bond acceptors (Lipinski definition) is 4. The van der Waals surface area contributed by atoms with Crippen molar-refractivity contribution in [1.82, 2.24) is 4.90 Å². The first-order valence-corrected chi connectivity index (χ1v) is 11.0. The number of fused-ring (bicyclic) bond motifs is 2. The Balaban J connectivity index is 1.61. The van der Waals surface area contributed by atoms with Crippen LogP contribution in [0.4, 0.5) is 11.4 Å². The van der Waals surface area contributed by atoms with Gasteiger partial charge < -0.3 is 19.9 Å². The first-order chi connectivity index (χ1) is 13.6. The fourth-order valence-electron chi connectivity index (χ4n) is 4.48. The molecule has 152 valence electrons. The summed E-state index contributed by atoms with van der Waals surface area (Å²) >= 11 is 0. The molecule has 3 saturated heterocycles. The van der Waals surface area contributed by atoms with Crippen molar-refractivity contribution in [3.63, 3.8) is 0 Å². The molecule has 2 unspecified atom stereocenters. The molecule has 3 heterocycles. The van der Waals surface area contributed by atoms with Crippen molar-refractivity contribution < 1.29 is 4.74 Å². The van der Waals surface area contributed by atoms with Crippen molar-refractivity contribution >= 4 is 17.1 Å². The highest BCUT2D eigenvalue weighted by molar-refractivity contribution is 5.78. The summed E-state index contributed by atoms with van der Waals surface area (Å²) in [5.41, 5.74) is 5.98. The van der Waals surface area contributed by atoms with E-state index in [2.05, 4.69) is 60.3 Å². The summed E-state index contributed by atoms with van der Waals surface area (Å²) in [6.07, 6.45) is 6.79. The summed E-state index contributed by atoms with van der Waals surface area (Å²) in [6, 6.07) is 6.74. The largest absolute Gasteiger partial charge is 0.371 e. The van der Waals surface area contributed by atoms with Crippen LogP contribution in [0.3, 0.4) is 0 Å². The molecule has 2 atom stereocenters. The number of piperidine rings is 1. The van der Waals surface area contributed by atoms with Crippen LogP contribution in [0.2, 0.25) is 0 Å². The average molecular weight is 382 g/mol. The Hall–Kier alpha value is -1.94. The van der Waals surface area contributed by atoms with Gasteiger partial charge in [-0.25, -0.2) is 0 Å². The Morgan fingerprint density at radius 2 is 1.79 bits per heavy atom. The quantitative estimate of drug-likeness (QED) is 0.611.